The highest BCUT2D eigenvalue weighted by Gasteiger charge is 2.45. The molecule has 1 aliphatic heterocycles. The maximum atomic E-state index is 12.4. The van der Waals surface area contributed by atoms with E-state index in [2.05, 4.69) is 12.2 Å². The van der Waals surface area contributed by atoms with E-state index in [0.717, 1.165) is 18.5 Å². The van der Waals surface area contributed by atoms with Gasteiger partial charge in [-0.3, -0.25) is 14.5 Å². The van der Waals surface area contributed by atoms with Gasteiger partial charge in [0.25, 0.3) is 0 Å². The van der Waals surface area contributed by atoms with E-state index in [0.29, 0.717) is 13.0 Å². The molecule has 0 spiro atoms. The van der Waals surface area contributed by atoms with Crippen LogP contribution >= 0.6 is 0 Å². The number of rotatable bonds is 6. The zero-order valence-corrected chi connectivity index (χ0v) is 13.1. The minimum atomic E-state index is -0.566. The standard InChI is InChI=1S/C17H24N2O2/c1-4-10-18-14(13-8-6-5-7-9-13)12-19-15(20)11-17(2,3)16(19)21/h5-9,14,18H,4,10-12H2,1-3H3. The molecule has 2 rings (SSSR count). The third kappa shape index (κ3) is 3.50. The van der Waals surface area contributed by atoms with Crippen molar-refractivity contribution in [1.82, 2.24) is 10.2 Å². The molecule has 1 heterocycles. The van der Waals surface area contributed by atoms with Crippen molar-refractivity contribution < 1.29 is 9.59 Å². The molecule has 0 aromatic heterocycles. The van der Waals surface area contributed by atoms with Gasteiger partial charge in [0.1, 0.15) is 0 Å². The molecule has 4 heteroatoms. The molecule has 2 amide bonds. The number of imide groups is 1. The van der Waals surface area contributed by atoms with Crippen LogP contribution < -0.4 is 5.32 Å². The third-order valence-electron chi connectivity index (χ3n) is 3.93. The van der Waals surface area contributed by atoms with Crippen molar-refractivity contribution in [3.63, 3.8) is 0 Å². The van der Waals surface area contributed by atoms with Crippen LogP contribution in [0.1, 0.15) is 45.2 Å². The van der Waals surface area contributed by atoms with Crippen molar-refractivity contribution in [2.45, 2.75) is 39.7 Å². The summed E-state index contributed by atoms with van der Waals surface area (Å²) >= 11 is 0. The molecule has 0 saturated carbocycles. The SMILES string of the molecule is CCCNC(CN1C(=O)CC(C)(C)C1=O)c1ccccc1. The Morgan fingerprint density at radius 3 is 2.43 bits per heavy atom. The first-order valence-electron chi connectivity index (χ1n) is 7.59. The molecule has 1 aromatic rings. The number of hydrogen-bond acceptors (Lipinski definition) is 3. The minimum Gasteiger partial charge on any atom is -0.308 e. The van der Waals surface area contributed by atoms with E-state index in [1.54, 1.807) is 0 Å². The maximum Gasteiger partial charge on any atom is 0.235 e. The number of amides is 2. The second-order valence-corrected chi connectivity index (χ2v) is 6.29. The molecule has 1 aliphatic rings. The topological polar surface area (TPSA) is 49.4 Å². The summed E-state index contributed by atoms with van der Waals surface area (Å²) in [5.74, 6) is -0.129. The lowest BCUT2D eigenvalue weighted by molar-refractivity contribution is -0.141. The van der Waals surface area contributed by atoms with Crippen molar-refractivity contribution in [1.29, 1.82) is 0 Å². The van der Waals surface area contributed by atoms with Crippen molar-refractivity contribution >= 4 is 11.8 Å². The fourth-order valence-corrected chi connectivity index (χ4v) is 2.69. The van der Waals surface area contributed by atoms with Gasteiger partial charge in [0.05, 0.1) is 11.5 Å². The Morgan fingerprint density at radius 2 is 1.90 bits per heavy atom. The summed E-state index contributed by atoms with van der Waals surface area (Å²) in [4.78, 5) is 25.9. The smallest absolute Gasteiger partial charge is 0.235 e. The summed E-state index contributed by atoms with van der Waals surface area (Å²) in [6.07, 6.45) is 1.32. The van der Waals surface area contributed by atoms with Gasteiger partial charge >= 0.3 is 0 Å². The van der Waals surface area contributed by atoms with Crippen molar-refractivity contribution in [3.8, 4) is 0 Å². The van der Waals surface area contributed by atoms with Crippen LogP contribution in [0, 0.1) is 5.41 Å². The van der Waals surface area contributed by atoms with Crippen LogP contribution in [-0.4, -0.2) is 29.8 Å². The third-order valence-corrected chi connectivity index (χ3v) is 3.93. The van der Waals surface area contributed by atoms with Gasteiger partial charge in [0, 0.05) is 13.0 Å². The molecule has 1 N–H and O–H groups in total. The van der Waals surface area contributed by atoms with Crippen LogP contribution in [0.4, 0.5) is 0 Å². The lowest BCUT2D eigenvalue weighted by Gasteiger charge is -2.25. The fraction of sp³-hybridized carbons (Fsp3) is 0.529. The zero-order chi connectivity index (χ0) is 15.5. The summed E-state index contributed by atoms with van der Waals surface area (Å²) in [5, 5.41) is 3.43. The molecule has 1 unspecified atom stereocenters. The number of hydrogen-bond donors (Lipinski definition) is 1. The first kappa shape index (κ1) is 15.7. The van der Waals surface area contributed by atoms with Gasteiger partial charge in [0.15, 0.2) is 0 Å². The predicted molar refractivity (Wildman–Crippen MR) is 82.6 cm³/mol. The molecule has 1 aromatic carbocycles. The van der Waals surface area contributed by atoms with Crippen LogP contribution in [0.25, 0.3) is 0 Å². The van der Waals surface area contributed by atoms with Gasteiger partial charge in [0.2, 0.25) is 11.8 Å². The molecule has 1 saturated heterocycles. The second-order valence-electron chi connectivity index (χ2n) is 6.29. The highest BCUT2D eigenvalue weighted by Crippen LogP contribution is 2.32. The quantitative estimate of drug-likeness (QED) is 0.818. The Bertz CT molecular complexity index is 511. The van der Waals surface area contributed by atoms with E-state index in [-0.39, 0.29) is 17.9 Å². The van der Waals surface area contributed by atoms with E-state index in [1.807, 2.05) is 44.2 Å². The summed E-state index contributed by atoms with van der Waals surface area (Å²) in [6, 6.07) is 9.98. The molecule has 1 atom stereocenters. The number of nitrogens with one attached hydrogen (secondary N) is 1. The van der Waals surface area contributed by atoms with Crippen LogP contribution in [0.3, 0.4) is 0 Å². The molecule has 4 nitrogen and oxygen atoms in total. The lowest BCUT2D eigenvalue weighted by atomic mass is 9.92. The van der Waals surface area contributed by atoms with Crippen molar-refractivity contribution in [2.24, 2.45) is 5.41 Å². The van der Waals surface area contributed by atoms with E-state index < -0.39 is 5.41 Å². The molecule has 0 bridgehead atoms. The molecule has 0 aliphatic carbocycles. The Kier molecular flexibility index (Phi) is 4.78. The first-order chi connectivity index (χ1) is 9.95. The minimum absolute atomic E-state index is 0.00653. The van der Waals surface area contributed by atoms with E-state index in [9.17, 15) is 9.59 Å². The number of carbonyl (C=O) groups excluding carboxylic acids is 2. The van der Waals surface area contributed by atoms with E-state index >= 15 is 0 Å². The Hall–Kier alpha value is -1.68. The molecule has 114 valence electrons. The van der Waals surface area contributed by atoms with Crippen LogP contribution in [0.15, 0.2) is 30.3 Å². The fourth-order valence-electron chi connectivity index (χ4n) is 2.69. The van der Waals surface area contributed by atoms with Gasteiger partial charge in [-0.25, -0.2) is 0 Å². The van der Waals surface area contributed by atoms with Gasteiger partial charge in [-0.2, -0.15) is 0 Å². The summed E-state index contributed by atoms with van der Waals surface area (Å²) in [5.41, 5.74) is 0.541. The van der Waals surface area contributed by atoms with Crippen LogP contribution in [0.5, 0.6) is 0 Å². The summed E-state index contributed by atoms with van der Waals surface area (Å²) in [7, 11) is 0. The first-order valence-corrected chi connectivity index (χ1v) is 7.59. The van der Waals surface area contributed by atoms with E-state index in [1.165, 1.54) is 4.90 Å². The van der Waals surface area contributed by atoms with Crippen LogP contribution in [-0.2, 0) is 9.59 Å². The lowest BCUT2D eigenvalue weighted by Crippen LogP contribution is -2.40. The molecule has 1 fully saturated rings. The number of nitrogens with zero attached hydrogens (tertiary/aromatic N) is 1. The number of likely N-dealkylation sites (tertiary alicyclic amines) is 1. The average molecular weight is 288 g/mol. The normalized spacial score (nSPS) is 19.1. The van der Waals surface area contributed by atoms with Crippen LogP contribution in [0.2, 0.25) is 0 Å². The maximum absolute atomic E-state index is 12.4. The number of carbonyl (C=O) groups is 2. The largest absolute Gasteiger partial charge is 0.308 e. The van der Waals surface area contributed by atoms with E-state index in [4.69, 9.17) is 0 Å². The predicted octanol–water partition coefficient (Wildman–Crippen LogP) is 2.51. The molecule has 0 radical (unpaired) electrons. The summed E-state index contributed by atoms with van der Waals surface area (Å²) < 4.78 is 0. The van der Waals surface area contributed by atoms with Gasteiger partial charge in [-0.05, 0) is 18.5 Å². The molecular formula is C17H24N2O2. The van der Waals surface area contributed by atoms with Gasteiger partial charge < -0.3 is 5.32 Å². The molecule has 21 heavy (non-hydrogen) atoms. The zero-order valence-electron chi connectivity index (χ0n) is 13.1. The van der Waals surface area contributed by atoms with Gasteiger partial charge in [-0.1, -0.05) is 51.1 Å². The molecular weight excluding hydrogens is 264 g/mol. The monoisotopic (exact) mass is 288 g/mol. The average Bonchev–Trinajstić information content (AvgIpc) is 2.65. The highest BCUT2D eigenvalue weighted by molar-refractivity contribution is 6.05. The highest BCUT2D eigenvalue weighted by atomic mass is 16.2. The van der Waals surface area contributed by atoms with Crippen molar-refractivity contribution in [2.75, 3.05) is 13.1 Å². The Balaban J connectivity index is 2.16. The Morgan fingerprint density at radius 1 is 1.24 bits per heavy atom. The Labute approximate surface area is 126 Å². The van der Waals surface area contributed by atoms with Crippen molar-refractivity contribution in [3.05, 3.63) is 35.9 Å². The number of benzene rings is 1. The summed E-state index contributed by atoms with van der Waals surface area (Å²) in [6.45, 7) is 7.04. The van der Waals surface area contributed by atoms with Gasteiger partial charge in [-0.15, -0.1) is 0 Å². The second kappa shape index (κ2) is 6.39.